The van der Waals surface area contributed by atoms with Gasteiger partial charge in [-0.25, -0.2) is 9.97 Å². The van der Waals surface area contributed by atoms with E-state index in [1.807, 2.05) is 38.1 Å². The van der Waals surface area contributed by atoms with E-state index in [1.54, 1.807) is 20.5 Å². The second-order valence-corrected chi connectivity index (χ2v) is 6.98. The highest BCUT2D eigenvalue weighted by Crippen LogP contribution is 2.35. The number of fused-ring (bicyclic) bond motifs is 1. The number of methoxy groups -OCH3 is 2. The lowest BCUT2D eigenvalue weighted by molar-refractivity contribution is 0.414. The van der Waals surface area contributed by atoms with Crippen molar-refractivity contribution in [2.45, 2.75) is 45.4 Å². The molecule has 0 fully saturated rings. The summed E-state index contributed by atoms with van der Waals surface area (Å²) < 4.78 is 10.6. The Kier molecular flexibility index (Phi) is 7.23. The summed E-state index contributed by atoms with van der Waals surface area (Å²) in [5, 5.41) is 0. The number of hydrogen-bond acceptors (Lipinski definition) is 4. The zero-order valence-corrected chi connectivity index (χ0v) is 17.8. The van der Waals surface area contributed by atoms with Gasteiger partial charge in [0.05, 0.1) is 14.2 Å². The second-order valence-electron chi connectivity index (χ2n) is 6.98. The van der Waals surface area contributed by atoms with Gasteiger partial charge in [0.2, 0.25) is 0 Å². The van der Waals surface area contributed by atoms with Crippen LogP contribution in [0.3, 0.4) is 0 Å². The van der Waals surface area contributed by atoms with Crippen molar-refractivity contribution in [1.82, 2.24) is 9.97 Å². The maximum Gasteiger partial charge on any atom is 0.119 e. The number of hydrogen-bond donors (Lipinski definition) is 0. The first-order valence-electron chi connectivity index (χ1n) is 10.4. The SMILES string of the molecule is CC.COc1ccc(C2Cc3ncnc(CCc4cccc(OC)c4)c3C2)cc1. The molecule has 4 nitrogen and oxygen atoms in total. The van der Waals surface area contributed by atoms with E-state index in [2.05, 4.69) is 34.2 Å². The van der Waals surface area contributed by atoms with Gasteiger partial charge in [0.25, 0.3) is 0 Å². The predicted octanol–water partition coefficient (Wildman–Crippen LogP) is 5.19. The zero-order chi connectivity index (χ0) is 20.6. The molecule has 29 heavy (non-hydrogen) atoms. The van der Waals surface area contributed by atoms with Crippen LogP contribution in [0.1, 0.15) is 47.8 Å². The number of nitrogens with zero attached hydrogens (tertiary/aromatic N) is 2. The average molecular weight is 391 g/mol. The largest absolute Gasteiger partial charge is 0.497 e. The van der Waals surface area contributed by atoms with E-state index in [4.69, 9.17) is 9.47 Å². The summed E-state index contributed by atoms with van der Waals surface area (Å²) in [6.45, 7) is 4.00. The minimum Gasteiger partial charge on any atom is -0.497 e. The van der Waals surface area contributed by atoms with Crippen LogP contribution < -0.4 is 9.47 Å². The minimum absolute atomic E-state index is 0.471. The molecule has 0 amide bonds. The molecule has 3 aromatic rings. The Balaban J connectivity index is 0.00000117. The molecule has 1 unspecified atom stereocenters. The van der Waals surface area contributed by atoms with Crippen LogP contribution in [0, 0.1) is 0 Å². The molecule has 0 N–H and O–H groups in total. The third-order valence-electron chi connectivity index (χ3n) is 5.39. The van der Waals surface area contributed by atoms with E-state index in [-0.39, 0.29) is 0 Å². The standard InChI is InChI=1S/C23H24N2O2.C2H6/c1-26-19-9-7-17(8-10-19)18-13-21-22(24-15-25-23(21)14-18)11-6-16-4-3-5-20(12-16)27-2;1-2/h3-5,7-10,12,15,18H,6,11,13-14H2,1-2H3;1-2H3. The highest BCUT2D eigenvalue weighted by Gasteiger charge is 2.26. The van der Waals surface area contributed by atoms with Gasteiger partial charge >= 0.3 is 0 Å². The molecule has 1 atom stereocenters. The lowest BCUT2D eigenvalue weighted by Gasteiger charge is -2.10. The molecular weight excluding hydrogens is 360 g/mol. The number of rotatable bonds is 6. The van der Waals surface area contributed by atoms with E-state index >= 15 is 0 Å². The molecule has 1 aliphatic carbocycles. The molecular formula is C25H30N2O2. The fourth-order valence-electron chi connectivity index (χ4n) is 3.87. The molecule has 0 saturated carbocycles. The highest BCUT2D eigenvalue weighted by molar-refractivity contribution is 5.38. The Morgan fingerprint density at radius 2 is 1.62 bits per heavy atom. The molecule has 2 aromatic carbocycles. The van der Waals surface area contributed by atoms with Gasteiger partial charge in [-0.05, 0) is 72.6 Å². The topological polar surface area (TPSA) is 44.2 Å². The van der Waals surface area contributed by atoms with Gasteiger partial charge in [-0.15, -0.1) is 0 Å². The van der Waals surface area contributed by atoms with Crippen LogP contribution in [0.15, 0.2) is 54.9 Å². The van der Waals surface area contributed by atoms with Gasteiger partial charge in [0, 0.05) is 11.4 Å². The van der Waals surface area contributed by atoms with Gasteiger partial charge in [-0.1, -0.05) is 38.1 Å². The Labute approximate surface area is 173 Å². The Morgan fingerprint density at radius 1 is 0.862 bits per heavy atom. The minimum atomic E-state index is 0.471. The van der Waals surface area contributed by atoms with Gasteiger partial charge in [0.15, 0.2) is 0 Å². The van der Waals surface area contributed by atoms with E-state index < -0.39 is 0 Å². The summed E-state index contributed by atoms with van der Waals surface area (Å²) in [6, 6.07) is 16.7. The first kappa shape index (κ1) is 20.8. The van der Waals surface area contributed by atoms with Crippen molar-refractivity contribution in [1.29, 1.82) is 0 Å². The zero-order valence-electron chi connectivity index (χ0n) is 17.8. The third-order valence-corrected chi connectivity index (χ3v) is 5.39. The van der Waals surface area contributed by atoms with E-state index in [9.17, 15) is 0 Å². The summed E-state index contributed by atoms with van der Waals surface area (Å²) in [5.74, 6) is 2.27. The summed E-state index contributed by atoms with van der Waals surface area (Å²) in [7, 11) is 3.40. The van der Waals surface area contributed by atoms with Crippen LogP contribution >= 0.6 is 0 Å². The van der Waals surface area contributed by atoms with Crippen LogP contribution in [-0.2, 0) is 25.7 Å². The van der Waals surface area contributed by atoms with Crippen molar-refractivity contribution in [3.63, 3.8) is 0 Å². The van der Waals surface area contributed by atoms with Crippen molar-refractivity contribution < 1.29 is 9.47 Å². The molecule has 152 valence electrons. The van der Waals surface area contributed by atoms with Crippen molar-refractivity contribution in [3.05, 3.63) is 82.9 Å². The summed E-state index contributed by atoms with van der Waals surface area (Å²) in [5.41, 5.74) is 6.32. The Bertz CT molecular complexity index is 922. The summed E-state index contributed by atoms with van der Waals surface area (Å²) in [6.07, 6.45) is 5.59. The van der Waals surface area contributed by atoms with Gasteiger partial charge < -0.3 is 9.47 Å². The molecule has 0 spiro atoms. The molecule has 1 heterocycles. The van der Waals surface area contributed by atoms with Gasteiger partial charge in [-0.3, -0.25) is 0 Å². The molecule has 0 aliphatic heterocycles. The van der Waals surface area contributed by atoms with E-state index in [1.165, 1.54) is 28.1 Å². The molecule has 0 saturated heterocycles. The van der Waals surface area contributed by atoms with Crippen molar-refractivity contribution in [2.24, 2.45) is 0 Å². The van der Waals surface area contributed by atoms with Crippen LogP contribution in [0.2, 0.25) is 0 Å². The number of aryl methyl sites for hydroxylation is 2. The first-order chi connectivity index (χ1) is 14.3. The quantitative estimate of drug-likeness (QED) is 0.581. The second kappa shape index (κ2) is 10.1. The van der Waals surface area contributed by atoms with Gasteiger partial charge in [-0.2, -0.15) is 0 Å². The van der Waals surface area contributed by atoms with Crippen molar-refractivity contribution >= 4 is 0 Å². The molecule has 0 bridgehead atoms. The van der Waals surface area contributed by atoms with E-state index in [0.29, 0.717) is 5.92 Å². The monoisotopic (exact) mass is 390 g/mol. The van der Waals surface area contributed by atoms with Crippen LogP contribution in [-0.4, -0.2) is 24.2 Å². The van der Waals surface area contributed by atoms with Crippen molar-refractivity contribution in [2.75, 3.05) is 14.2 Å². The Hall–Kier alpha value is -2.88. The van der Waals surface area contributed by atoms with Crippen LogP contribution in [0.4, 0.5) is 0 Å². The number of benzene rings is 2. The molecule has 1 aliphatic rings. The molecule has 1 aromatic heterocycles. The normalized spacial score (nSPS) is 14.6. The lowest BCUT2D eigenvalue weighted by atomic mass is 9.95. The van der Waals surface area contributed by atoms with Crippen LogP contribution in [0.25, 0.3) is 0 Å². The molecule has 0 radical (unpaired) electrons. The fourth-order valence-corrected chi connectivity index (χ4v) is 3.87. The number of aromatic nitrogens is 2. The highest BCUT2D eigenvalue weighted by atomic mass is 16.5. The van der Waals surface area contributed by atoms with E-state index in [0.717, 1.165) is 37.2 Å². The average Bonchev–Trinajstić information content (AvgIpc) is 3.24. The first-order valence-corrected chi connectivity index (χ1v) is 10.4. The maximum absolute atomic E-state index is 5.33. The lowest BCUT2D eigenvalue weighted by Crippen LogP contribution is -2.02. The van der Waals surface area contributed by atoms with Gasteiger partial charge in [0.1, 0.15) is 17.8 Å². The summed E-state index contributed by atoms with van der Waals surface area (Å²) in [4.78, 5) is 9.16. The predicted molar refractivity (Wildman–Crippen MR) is 117 cm³/mol. The maximum atomic E-state index is 5.33. The summed E-state index contributed by atoms with van der Waals surface area (Å²) >= 11 is 0. The smallest absolute Gasteiger partial charge is 0.119 e. The molecule has 4 heteroatoms. The molecule has 4 rings (SSSR count). The fraction of sp³-hybridized carbons (Fsp3) is 0.360. The number of ether oxygens (including phenoxy) is 2. The van der Waals surface area contributed by atoms with Crippen LogP contribution in [0.5, 0.6) is 11.5 Å². The van der Waals surface area contributed by atoms with Crippen molar-refractivity contribution in [3.8, 4) is 11.5 Å². The third kappa shape index (κ3) is 4.94. The Morgan fingerprint density at radius 3 is 2.34 bits per heavy atom.